The molecule has 0 spiro atoms. The van der Waals surface area contributed by atoms with Crippen LogP contribution in [-0.4, -0.2) is 46.4 Å². The maximum Gasteiger partial charge on any atom is 0.323 e. The second kappa shape index (κ2) is 5.70. The number of carbonyl (C=O) groups is 1. The summed E-state index contributed by atoms with van der Waals surface area (Å²) in [5.74, 6) is 2.62. The molecule has 1 aromatic rings. The summed E-state index contributed by atoms with van der Waals surface area (Å²) in [5, 5.41) is 22.1. The zero-order chi connectivity index (χ0) is 16.0. The lowest BCUT2D eigenvalue weighted by Gasteiger charge is -2.55. The molecular weight excluding hydrogens is 312 g/mol. The van der Waals surface area contributed by atoms with Crippen molar-refractivity contribution in [2.24, 2.45) is 17.8 Å². The van der Waals surface area contributed by atoms with Crippen LogP contribution < -0.4 is 5.32 Å². The van der Waals surface area contributed by atoms with E-state index in [1.54, 1.807) is 18.4 Å². The maximum absolute atomic E-state index is 12.0. The highest BCUT2D eigenvalue weighted by molar-refractivity contribution is 7.15. The minimum atomic E-state index is -0.243. The first kappa shape index (κ1) is 15.3. The van der Waals surface area contributed by atoms with Gasteiger partial charge in [0.15, 0.2) is 0 Å². The topological polar surface area (TPSA) is 78.4 Å². The van der Waals surface area contributed by atoms with Crippen molar-refractivity contribution in [3.63, 3.8) is 0 Å². The summed E-state index contributed by atoms with van der Waals surface area (Å²) < 4.78 is 0. The van der Waals surface area contributed by atoms with Gasteiger partial charge in [0, 0.05) is 19.0 Å². The van der Waals surface area contributed by atoms with E-state index in [2.05, 4.69) is 15.5 Å². The van der Waals surface area contributed by atoms with Gasteiger partial charge in [-0.05, 0) is 56.3 Å². The highest BCUT2D eigenvalue weighted by atomic mass is 32.1. The number of aromatic nitrogens is 2. The number of rotatable bonds is 4. The number of likely N-dealkylation sites (N-methyl/N-ethyl adjacent to an activating group) is 1. The fourth-order valence-electron chi connectivity index (χ4n) is 5.30. The Morgan fingerprint density at radius 1 is 1.26 bits per heavy atom. The van der Waals surface area contributed by atoms with Crippen LogP contribution in [0.2, 0.25) is 0 Å². The standard InChI is InChI=1S/C16H24N4O2S/c1-20(2-3-21)15(22)17-14-19-18-13(23-14)16-7-10-4-11(8-16)6-12(5-10)9-16/h10-12,21H,2-9H2,1H3,(H,17,19,22). The Kier molecular flexibility index (Phi) is 3.80. The van der Waals surface area contributed by atoms with E-state index < -0.39 is 0 Å². The quantitative estimate of drug-likeness (QED) is 0.885. The van der Waals surface area contributed by atoms with Crippen molar-refractivity contribution in [2.45, 2.75) is 43.9 Å². The van der Waals surface area contributed by atoms with Crippen LogP contribution in [0, 0.1) is 17.8 Å². The molecule has 2 N–H and O–H groups in total. The molecule has 4 fully saturated rings. The van der Waals surface area contributed by atoms with E-state index in [0.29, 0.717) is 11.7 Å². The van der Waals surface area contributed by atoms with Crippen LogP contribution in [0.4, 0.5) is 9.93 Å². The zero-order valence-corrected chi connectivity index (χ0v) is 14.3. The lowest BCUT2D eigenvalue weighted by Crippen LogP contribution is -2.48. The van der Waals surface area contributed by atoms with Gasteiger partial charge in [-0.1, -0.05) is 11.3 Å². The first-order valence-corrected chi connectivity index (χ1v) is 9.36. The molecular formula is C16H24N4O2S. The molecule has 0 unspecified atom stereocenters. The number of nitrogens with one attached hydrogen (secondary N) is 1. The Labute approximate surface area is 140 Å². The minimum absolute atomic E-state index is 0.0431. The Morgan fingerprint density at radius 3 is 2.43 bits per heavy atom. The van der Waals surface area contributed by atoms with Crippen molar-refractivity contribution in [2.75, 3.05) is 25.5 Å². The smallest absolute Gasteiger partial charge is 0.323 e. The molecule has 6 nitrogen and oxygen atoms in total. The van der Waals surface area contributed by atoms with Gasteiger partial charge < -0.3 is 10.0 Å². The lowest BCUT2D eigenvalue weighted by molar-refractivity contribution is -0.00555. The van der Waals surface area contributed by atoms with E-state index in [-0.39, 0.29) is 18.1 Å². The van der Waals surface area contributed by atoms with E-state index in [1.165, 1.54) is 43.4 Å². The van der Waals surface area contributed by atoms with Crippen molar-refractivity contribution in [1.82, 2.24) is 15.1 Å². The number of anilines is 1. The first-order chi connectivity index (χ1) is 11.1. The number of amides is 2. The third-order valence-electron chi connectivity index (χ3n) is 5.91. The average Bonchev–Trinajstić information content (AvgIpc) is 2.95. The van der Waals surface area contributed by atoms with Crippen molar-refractivity contribution in [3.8, 4) is 0 Å². The molecule has 2 amide bonds. The molecule has 0 radical (unpaired) electrons. The zero-order valence-electron chi connectivity index (χ0n) is 13.5. The largest absolute Gasteiger partial charge is 0.395 e. The van der Waals surface area contributed by atoms with E-state index in [4.69, 9.17) is 5.11 Å². The Hall–Kier alpha value is -1.21. The molecule has 126 valence electrons. The highest BCUT2D eigenvalue weighted by Crippen LogP contribution is 2.61. The molecule has 4 bridgehead atoms. The van der Waals surface area contributed by atoms with Crippen molar-refractivity contribution < 1.29 is 9.90 Å². The van der Waals surface area contributed by atoms with Gasteiger partial charge >= 0.3 is 6.03 Å². The fraction of sp³-hybridized carbons (Fsp3) is 0.812. The van der Waals surface area contributed by atoms with Gasteiger partial charge in [-0.25, -0.2) is 4.79 Å². The predicted molar refractivity (Wildman–Crippen MR) is 88.5 cm³/mol. The van der Waals surface area contributed by atoms with Gasteiger partial charge in [0.25, 0.3) is 0 Å². The van der Waals surface area contributed by atoms with Crippen LogP contribution in [0.5, 0.6) is 0 Å². The van der Waals surface area contributed by atoms with Crippen LogP contribution in [0.1, 0.15) is 43.5 Å². The molecule has 1 aromatic heterocycles. The van der Waals surface area contributed by atoms with Crippen molar-refractivity contribution in [1.29, 1.82) is 0 Å². The monoisotopic (exact) mass is 336 g/mol. The van der Waals surface area contributed by atoms with Crippen molar-refractivity contribution >= 4 is 22.5 Å². The summed E-state index contributed by atoms with van der Waals surface area (Å²) in [6, 6.07) is -0.243. The molecule has 23 heavy (non-hydrogen) atoms. The number of aliphatic hydroxyl groups is 1. The second-order valence-corrected chi connectivity index (χ2v) is 8.66. The van der Waals surface area contributed by atoms with Gasteiger partial charge in [-0.3, -0.25) is 5.32 Å². The lowest BCUT2D eigenvalue weighted by atomic mass is 9.50. The summed E-state index contributed by atoms with van der Waals surface area (Å²) in [7, 11) is 1.66. The summed E-state index contributed by atoms with van der Waals surface area (Å²) in [4.78, 5) is 13.5. The Balaban J connectivity index is 1.49. The molecule has 0 aliphatic heterocycles. The molecule has 4 aliphatic carbocycles. The number of hydrogen-bond donors (Lipinski definition) is 2. The van der Waals surface area contributed by atoms with Crippen LogP contribution in [0.25, 0.3) is 0 Å². The third-order valence-corrected chi connectivity index (χ3v) is 7.00. The molecule has 0 atom stereocenters. The Morgan fingerprint density at radius 2 is 1.87 bits per heavy atom. The number of hydrogen-bond acceptors (Lipinski definition) is 5. The summed E-state index contributed by atoms with van der Waals surface area (Å²) in [6.07, 6.45) is 8.00. The molecule has 4 saturated carbocycles. The summed E-state index contributed by atoms with van der Waals surface area (Å²) >= 11 is 1.54. The van der Waals surface area contributed by atoms with Crippen molar-refractivity contribution in [3.05, 3.63) is 5.01 Å². The predicted octanol–water partition coefficient (Wildman–Crippen LogP) is 2.46. The molecule has 7 heteroatoms. The first-order valence-electron chi connectivity index (χ1n) is 8.55. The number of aliphatic hydroxyl groups excluding tert-OH is 1. The van der Waals surface area contributed by atoms with E-state index in [1.807, 2.05) is 0 Å². The molecule has 5 rings (SSSR count). The minimum Gasteiger partial charge on any atom is -0.395 e. The second-order valence-electron chi connectivity index (χ2n) is 7.69. The van der Waals surface area contributed by atoms with Gasteiger partial charge in [0.2, 0.25) is 5.13 Å². The fourth-order valence-corrected chi connectivity index (χ4v) is 6.25. The number of urea groups is 1. The Bertz CT molecular complexity index is 567. The van der Waals surface area contributed by atoms with E-state index in [9.17, 15) is 4.79 Å². The highest BCUT2D eigenvalue weighted by Gasteiger charge is 2.53. The SMILES string of the molecule is CN(CCO)C(=O)Nc1nnc(C23CC4CC(CC(C4)C2)C3)s1. The third kappa shape index (κ3) is 2.74. The van der Waals surface area contributed by atoms with Gasteiger partial charge in [-0.2, -0.15) is 0 Å². The van der Waals surface area contributed by atoms with E-state index in [0.717, 1.165) is 22.8 Å². The maximum atomic E-state index is 12.0. The molecule has 4 aliphatic rings. The average molecular weight is 336 g/mol. The van der Waals surface area contributed by atoms with Crippen LogP contribution in [-0.2, 0) is 5.41 Å². The molecule has 1 heterocycles. The van der Waals surface area contributed by atoms with Crippen LogP contribution in [0.15, 0.2) is 0 Å². The van der Waals surface area contributed by atoms with Gasteiger partial charge in [-0.15, -0.1) is 10.2 Å². The summed E-state index contributed by atoms with van der Waals surface area (Å²) in [6.45, 7) is 0.269. The van der Waals surface area contributed by atoms with E-state index >= 15 is 0 Å². The normalized spacial score (nSPS) is 34.6. The molecule has 0 saturated heterocycles. The van der Waals surface area contributed by atoms with Crippen LogP contribution >= 0.6 is 11.3 Å². The van der Waals surface area contributed by atoms with Crippen LogP contribution in [0.3, 0.4) is 0 Å². The van der Waals surface area contributed by atoms with Gasteiger partial charge in [0.05, 0.1) is 6.61 Å². The van der Waals surface area contributed by atoms with Gasteiger partial charge in [0.1, 0.15) is 5.01 Å². The number of carbonyl (C=O) groups excluding carboxylic acids is 1. The number of nitrogens with zero attached hydrogens (tertiary/aromatic N) is 3. The molecule has 0 aromatic carbocycles. The summed E-state index contributed by atoms with van der Waals surface area (Å²) in [5.41, 5.74) is 0.229.